The molecular weight excluding hydrogens is 376 g/mol. The van der Waals surface area contributed by atoms with Gasteiger partial charge in [-0.25, -0.2) is 9.55 Å². The monoisotopic (exact) mass is 404 g/mol. The topological polar surface area (TPSA) is 79.5 Å². The molecule has 3 heterocycles. The second-order valence-corrected chi connectivity index (χ2v) is 9.34. The standard InChI is InChI=1S/C24H28N4O2/c1-23(2)13-16(14-24(3,4)27-23)26-15-19-17-9-5-6-10-18(17)21(29)28(22(19)30)20-11-7-8-12-25-20/h5-12,15-16,27,30H,13-14H2,1-4H3. The molecule has 0 unspecified atom stereocenters. The molecule has 30 heavy (non-hydrogen) atoms. The maximum Gasteiger partial charge on any atom is 0.267 e. The van der Waals surface area contributed by atoms with Crippen molar-refractivity contribution in [1.29, 1.82) is 0 Å². The van der Waals surface area contributed by atoms with Gasteiger partial charge in [0.25, 0.3) is 5.56 Å². The van der Waals surface area contributed by atoms with Crippen LogP contribution < -0.4 is 10.9 Å². The largest absolute Gasteiger partial charge is 0.494 e. The first-order valence-corrected chi connectivity index (χ1v) is 10.3. The molecule has 0 radical (unpaired) electrons. The van der Waals surface area contributed by atoms with Gasteiger partial charge in [0.05, 0.1) is 11.6 Å². The normalized spacial score (nSPS) is 18.8. The van der Waals surface area contributed by atoms with Crippen LogP contribution in [0.15, 0.2) is 58.4 Å². The van der Waals surface area contributed by atoms with E-state index in [9.17, 15) is 9.90 Å². The minimum absolute atomic E-state index is 0.0272. The SMILES string of the molecule is CC1(C)CC(N=Cc2c(O)n(-c3ccccn3)c(=O)c3ccccc23)CC(C)(C)N1. The third-order valence-electron chi connectivity index (χ3n) is 5.56. The van der Waals surface area contributed by atoms with Crippen molar-refractivity contribution < 1.29 is 5.11 Å². The first-order chi connectivity index (χ1) is 14.2. The highest BCUT2D eigenvalue weighted by molar-refractivity contribution is 6.01. The van der Waals surface area contributed by atoms with E-state index in [1.807, 2.05) is 18.2 Å². The molecule has 0 spiro atoms. The van der Waals surface area contributed by atoms with Gasteiger partial charge in [-0.15, -0.1) is 0 Å². The van der Waals surface area contributed by atoms with Crippen LogP contribution in [0.4, 0.5) is 0 Å². The zero-order valence-corrected chi connectivity index (χ0v) is 17.9. The van der Waals surface area contributed by atoms with E-state index >= 15 is 0 Å². The molecule has 2 aromatic heterocycles. The number of pyridine rings is 2. The Labute approximate surface area is 176 Å². The lowest BCUT2D eigenvalue weighted by Gasteiger charge is -2.45. The quantitative estimate of drug-likeness (QED) is 0.651. The van der Waals surface area contributed by atoms with Gasteiger partial charge in [-0.2, -0.15) is 0 Å². The number of rotatable bonds is 3. The predicted molar refractivity (Wildman–Crippen MR) is 121 cm³/mol. The van der Waals surface area contributed by atoms with Crippen LogP contribution >= 0.6 is 0 Å². The van der Waals surface area contributed by atoms with Gasteiger partial charge in [0.15, 0.2) is 0 Å². The average Bonchev–Trinajstić information content (AvgIpc) is 2.66. The van der Waals surface area contributed by atoms with Gasteiger partial charge in [-0.05, 0) is 58.7 Å². The Morgan fingerprint density at radius 1 is 1.07 bits per heavy atom. The molecule has 0 amide bonds. The molecule has 0 saturated carbocycles. The highest BCUT2D eigenvalue weighted by Gasteiger charge is 2.37. The van der Waals surface area contributed by atoms with E-state index in [-0.39, 0.29) is 28.6 Å². The fourth-order valence-corrected chi connectivity index (χ4v) is 4.74. The van der Waals surface area contributed by atoms with Crippen molar-refractivity contribution in [3.05, 3.63) is 64.6 Å². The number of aromatic nitrogens is 2. The summed E-state index contributed by atoms with van der Waals surface area (Å²) >= 11 is 0. The minimum Gasteiger partial charge on any atom is -0.494 e. The van der Waals surface area contributed by atoms with Crippen molar-refractivity contribution in [2.24, 2.45) is 4.99 Å². The fraction of sp³-hybridized carbons (Fsp3) is 0.375. The number of fused-ring (bicyclic) bond motifs is 1. The number of piperidine rings is 1. The third kappa shape index (κ3) is 3.87. The first-order valence-electron chi connectivity index (χ1n) is 10.3. The molecule has 6 heteroatoms. The van der Waals surface area contributed by atoms with E-state index < -0.39 is 0 Å². The van der Waals surface area contributed by atoms with E-state index in [1.165, 1.54) is 4.57 Å². The summed E-state index contributed by atoms with van der Waals surface area (Å²) in [7, 11) is 0. The van der Waals surface area contributed by atoms with Crippen molar-refractivity contribution in [2.75, 3.05) is 0 Å². The summed E-state index contributed by atoms with van der Waals surface area (Å²) in [4.78, 5) is 22.2. The molecule has 1 aliphatic rings. The van der Waals surface area contributed by atoms with Crippen molar-refractivity contribution in [2.45, 2.75) is 57.7 Å². The lowest BCUT2D eigenvalue weighted by molar-refractivity contribution is 0.164. The van der Waals surface area contributed by atoms with E-state index in [0.717, 1.165) is 12.8 Å². The van der Waals surface area contributed by atoms with Crippen molar-refractivity contribution >= 4 is 17.0 Å². The first kappa shape index (κ1) is 20.3. The Balaban J connectivity index is 1.85. The van der Waals surface area contributed by atoms with E-state index in [4.69, 9.17) is 4.99 Å². The number of hydrogen-bond donors (Lipinski definition) is 2. The van der Waals surface area contributed by atoms with Crippen LogP contribution in [-0.4, -0.2) is 38.0 Å². The number of hydrogen-bond acceptors (Lipinski definition) is 5. The van der Waals surface area contributed by atoms with Crippen LogP contribution in [0.25, 0.3) is 16.6 Å². The number of aliphatic imine (C=N–C) groups is 1. The summed E-state index contributed by atoms with van der Waals surface area (Å²) in [6, 6.07) is 12.7. The van der Waals surface area contributed by atoms with E-state index in [1.54, 1.807) is 36.7 Å². The van der Waals surface area contributed by atoms with E-state index in [0.29, 0.717) is 22.2 Å². The van der Waals surface area contributed by atoms with Crippen LogP contribution in [0.3, 0.4) is 0 Å². The van der Waals surface area contributed by atoms with Crippen molar-refractivity contribution in [3.8, 4) is 11.7 Å². The summed E-state index contributed by atoms with van der Waals surface area (Å²) in [6.07, 6.45) is 5.11. The second-order valence-electron chi connectivity index (χ2n) is 9.34. The van der Waals surface area contributed by atoms with Gasteiger partial charge in [0.2, 0.25) is 5.88 Å². The van der Waals surface area contributed by atoms with Crippen LogP contribution in [0.2, 0.25) is 0 Å². The van der Waals surface area contributed by atoms with Gasteiger partial charge >= 0.3 is 0 Å². The zero-order valence-electron chi connectivity index (χ0n) is 17.9. The Morgan fingerprint density at radius 3 is 2.33 bits per heavy atom. The van der Waals surface area contributed by atoms with Crippen LogP contribution in [0.5, 0.6) is 5.88 Å². The van der Waals surface area contributed by atoms with Gasteiger partial charge in [-0.3, -0.25) is 9.79 Å². The molecule has 1 aromatic carbocycles. The highest BCUT2D eigenvalue weighted by Crippen LogP contribution is 2.31. The Hall–Kier alpha value is -2.99. The molecule has 0 bridgehead atoms. The molecule has 2 N–H and O–H groups in total. The van der Waals surface area contributed by atoms with Gasteiger partial charge in [0, 0.05) is 34.3 Å². The predicted octanol–water partition coefficient (Wildman–Crippen LogP) is 3.82. The molecule has 0 atom stereocenters. The summed E-state index contributed by atoms with van der Waals surface area (Å²) in [5.41, 5.74) is 0.175. The number of nitrogens with one attached hydrogen (secondary N) is 1. The average molecular weight is 405 g/mol. The molecule has 0 aliphatic carbocycles. The summed E-state index contributed by atoms with van der Waals surface area (Å²) in [6.45, 7) is 8.74. The summed E-state index contributed by atoms with van der Waals surface area (Å²) in [5, 5.41) is 15.9. The molecule has 1 fully saturated rings. The maximum atomic E-state index is 13.1. The number of aromatic hydroxyl groups is 1. The minimum atomic E-state index is -0.303. The maximum absolute atomic E-state index is 13.1. The lowest BCUT2D eigenvalue weighted by Crippen LogP contribution is -2.58. The fourth-order valence-electron chi connectivity index (χ4n) is 4.74. The molecule has 156 valence electrons. The highest BCUT2D eigenvalue weighted by atomic mass is 16.3. The Morgan fingerprint density at radius 2 is 1.70 bits per heavy atom. The summed E-state index contributed by atoms with van der Waals surface area (Å²) < 4.78 is 1.25. The molecule has 3 aromatic rings. The molecule has 6 nitrogen and oxygen atoms in total. The summed E-state index contributed by atoms with van der Waals surface area (Å²) in [5.74, 6) is 0.234. The van der Waals surface area contributed by atoms with Gasteiger partial charge in [-0.1, -0.05) is 24.3 Å². The zero-order chi connectivity index (χ0) is 21.5. The number of benzene rings is 1. The smallest absolute Gasteiger partial charge is 0.267 e. The molecule has 1 aliphatic heterocycles. The second kappa shape index (κ2) is 7.36. The van der Waals surface area contributed by atoms with Crippen LogP contribution in [0, 0.1) is 0 Å². The van der Waals surface area contributed by atoms with Crippen LogP contribution in [0.1, 0.15) is 46.1 Å². The van der Waals surface area contributed by atoms with Crippen molar-refractivity contribution in [3.63, 3.8) is 0 Å². The number of nitrogens with zero attached hydrogens (tertiary/aromatic N) is 3. The van der Waals surface area contributed by atoms with E-state index in [2.05, 4.69) is 38.0 Å². The van der Waals surface area contributed by atoms with Gasteiger partial charge in [0.1, 0.15) is 5.82 Å². The van der Waals surface area contributed by atoms with Crippen molar-refractivity contribution in [1.82, 2.24) is 14.9 Å². The molecule has 1 saturated heterocycles. The third-order valence-corrected chi connectivity index (χ3v) is 5.56. The van der Waals surface area contributed by atoms with Gasteiger partial charge < -0.3 is 10.4 Å². The Kier molecular flexibility index (Phi) is 4.98. The molecular formula is C24H28N4O2. The molecule has 4 rings (SSSR count). The lowest BCUT2D eigenvalue weighted by atomic mass is 9.80. The Bertz CT molecular complexity index is 1150. The van der Waals surface area contributed by atoms with Crippen LogP contribution in [-0.2, 0) is 0 Å².